The van der Waals surface area contributed by atoms with Gasteiger partial charge in [-0.05, 0) is 44.1 Å². The molecule has 1 fully saturated rings. The van der Waals surface area contributed by atoms with E-state index in [0.29, 0.717) is 6.54 Å². The Morgan fingerprint density at radius 1 is 1.25 bits per heavy atom. The molecule has 3 rings (SSSR count). The molecule has 2 aromatic rings. The molecular formula is C18H25N5O. The average Bonchev–Trinajstić information content (AvgIpc) is 2.95. The van der Waals surface area contributed by atoms with Gasteiger partial charge in [0.1, 0.15) is 5.82 Å². The number of H-pyrrole nitrogens is 1. The first kappa shape index (κ1) is 16.7. The van der Waals surface area contributed by atoms with Gasteiger partial charge in [-0.15, -0.1) is 0 Å². The molecule has 0 atom stereocenters. The fourth-order valence-corrected chi connectivity index (χ4v) is 3.06. The lowest BCUT2D eigenvalue weighted by Gasteiger charge is -2.20. The third-order valence-electron chi connectivity index (χ3n) is 4.28. The van der Waals surface area contributed by atoms with E-state index in [1.165, 1.54) is 0 Å². The minimum Gasteiger partial charge on any atom is -0.348 e. The average molecular weight is 327 g/mol. The first-order valence-corrected chi connectivity index (χ1v) is 8.48. The van der Waals surface area contributed by atoms with Gasteiger partial charge in [0.05, 0.1) is 13.1 Å². The largest absolute Gasteiger partial charge is 0.348 e. The number of nitrogens with zero attached hydrogens (tertiary/aromatic N) is 3. The van der Waals surface area contributed by atoms with Gasteiger partial charge in [-0.3, -0.25) is 14.6 Å². The van der Waals surface area contributed by atoms with E-state index in [9.17, 15) is 4.79 Å². The van der Waals surface area contributed by atoms with Crippen molar-refractivity contribution >= 4 is 11.6 Å². The summed E-state index contributed by atoms with van der Waals surface area (Å²) in [5.74, 6) is 1.06. The van der Waals surface area contributed by atoms with Crippen LogP contribution in [0.5, 0.6) is 0 Å². The van der Waals surface area contributed by atoms with Crippen LogP contribution < -0.4 is 5.32 Å². The molecule has 128 valence electrons. The number of carbonyl (C=O) groups excluding carboxylic acids is 1. The summed E-state index contributed by atoms with van der Waals surface area (Å²) in [6, 6.07) is 7.91. The zero-order valence-corrected chi connectivity index (χ0v) is 14.2. The highest BCUT2D eigenvalue weighted by molar-refractivity contribution is 5.92. The van der Waals surface area contributed by atoms with Crippen LogP contribution in [0.25, 0.3) is 0 Å². The summed E-state index contributed by atoms with van der Waals surface area (Å²) in [5, 5.41) is 2.99. The van der Waals surface area contributed by atoms with E-state index >= 15 is 0 Å². The first-order valence-electron chi connectivity index (χ1n) is 8.48. The highest BCUT2D eigenvalue weighted by Crippen LogP contribution is 2.10. The van der Waals surface area contributed by atoms with Crippen molar-refractivity contribution in [3.8, 4) is 0 Å². The van der Waals surface area contributed by atoms with E-state index in [1.807, 2.05) is 37.4 Å². The summed E-state index contributed by atoms with van der Waals surface area (Å²) in [4.78, 5) is 24.3. The number of hydrogen-bond acceptors (Lipinski definition) is 4. The maximum atomic E-state index is 12.3. The van der Waals surface area contributed by atoms with Crippen molar-refractivity contribution in [1.29, 1.82) is 0 Å². The number of nitrogens with one attached hydrogen (secondary N) is 2. The van der Waals surface area contributed by atoms with Crippen molar-refractivity contribution in [2.75, 3.05) is 38.0 Å². The van der Waals surface area contributed by atoms with E-state index in [-0.39, 0.29) is 5.91 Å². The Morgan fingerprint density at radius 2 is 2.08 bits per heavy atom. The van der Waals surface area contributed by atoms with Crippen LogP contribution in [0.4, 0.5) is 5.69 Å². The Kier molecular flexibility index (Phi) is 5.61. The number of aromatic nitrogens is 2. The zero-order chi connectivity index (χ0) is 16.8. The second-order valence-corrected chi connectivity index (χ2v) is 6.36. The fraction of sp³-hybridized carbons (Fsp3) is 0.444. The Labute approximate surface area is 142 Å². The van der Waals surface area contributed by atoms with Gasteiger partial charge in [0, 0.05) is 31.2 Å². The van der Waals surface area contributed by atoms with Crippen LogP contribution >= 0.6 is 0 Å². The Hall–Kier alpha value is -2.18. The number of aryl methyl sites for hydroxylation is 1. The molecule has 0 radical (unpaired) electrons. The molecule has 0 spiro atoms. The molecule has 1 aliphatic rings. The zero-order valence-electron chi connectivity index (χ0n) is 14.2. The predicted molar refractivity (Wildman–Crippen MR) is 94.7 cm³/mol. The molecule has 1 saturated heterocycles. The number of rotatable bonds is 5. The lowest BCUT2D eigenvalue weighted by Crippen LogP contribution is -2.36. The van der Waals surface area contributed by atoms with Gasteiger partial charge in [0.2, 0.25) is 5.91 Å². The first-order chi connectivity index (χ1) is 11.7. The second-order valence-electron chi connectivity index (χ2n) is 6.36. The Morgan fingerprint density at radius 3 is 2.88 bits per heavy atom. The highest BCUT2D eigenvalue weighted by atomic mass is 16.2. The molecule has 0 saturated carbocycles. The van der Waals surface area contributed by atoms with Crippen LogP contribution in [0, 0.1) is 6.92 Å². The van der Waals surface area contributed by atoms with Gasteiger partial charge in [0.25, 0.3) is 0 Å². The molecule has 6 nitrogen and oxygen atoms in total. The number of aromatic amines is 1. The summed E-state index contributed by atoms with van der Waals surface area (Å²) in [6.07, 6.45) is 4.71. The van der Waals surface area contributed by atoms with Crippen molar-refractivity contribution in [2.45, 2.75) is 19.9 Å². The van der Waals surface area contributed by atoms with E-state index < -0.39 is 0 Å². The molecule has 1 aliphatic heterocycles. The van der Waals surface area contributed by atoms with Crippen LogP contribution in [0.15, 0.2) is 36.7 Å². The van der Waals surface area contributed by atoms with E-state index in [0.717, 1.165) is 56.2 Å². The molecule has 0 unspecified atom stereocenters. The monoisotopic (exact) mass is 327 g/mol. The summed E-state index contributed by atoms with van der Waals surface area (Å²) < 4.78 is 0. The smallest absolute Gasteiger partial charge is 0.238 e. The van der Waals surface area contributed by atoms with Crippen LogP contribution in [0.1, 0.15) is 17.8 Å². The Bertz CT molecular complexity index is 655. The summed E-state index contributed by atoms with van der Waals surface area (Å²) in [5.41, 5.74) is 2.02. The molecule has 1 aromatic carbocycles. The van der Waals surface area contributed by atoms with Crippen molar-refractivity contribution in [3.63, 3.8) is 0 Å². The summed E-state index contributed by atoms with van der Waals surface area (Å²) in [6.45, 7) is 7.17. The quantitative estimate of drug-likeness (QED) is 0.880. The molecule has 0 aliphatic carbocycles. The third kappa shape index (κ3) is 4.91. The number of imidazole rings is 1. The minimum absolute atomic E-state index is 0.0556. The molecule has 2 N–H and O–H groups in total. The number of amides is 1. The van der Waals surface area contributed by atoms with E-state index in [1.54, 1.807) is 6.20 Å². The van der Waals surface area contributed by atoms with Crippen molar-refractivity contribution in [1.82, 2.24) is 19.8 Å². The van der Waals surface area contributed by atoms with Crippen LogP contribution in [0.2, 0.25) is 0 Å². The van der Waals surface area contributed by atoms with Gasteiger partial charge >= 0.3 is 0 Å². The van der Waals surface area contributed by atoms with Crippen molar-refractivity contribution in [2.24, 2.45) is 0 Å². The normalized spacial score (nSPS) is 16.7. The van der Waals surface area contributed by atoms with Gasteiger partial charge in [-0.2, -0.15) is 0 Å². The molecule has 0 bridgehead atoms. The van der Waals surface area contributed by atoms with E-state index in [4.69, 9.17) is 0 Å². The summed E-state index contributed by atoms with van der Waals surface area (Å²) >= 11 is 0. The SMILES string of the molecule is Cc1cccc(NC(=O)CN2CCCN(Cc3ncc[nH]3)CC2)c1. The second kappa shape index (κ2) is 8.08. The molecule has 1 amide bonds. The third-order valence-corrected chi connectivity index (χ3v) is 4.28. The fourth-order valence-electron chi connectivity index (χ4n) is 3.06. The number of hydrogen-bond donors (Lipinski definition) is 2. The highest BCUT2D eigenvalue weighted by Gasteiger charge is 2.17. The van der Waals surface area contributed by atoms with Crippen molar-refractivity contribution in [3.05, 3.63) is 48.0 Å². The van der Waals surface area contributed by atoms with Crippen LogP contribution in [0.3, 0.4) is 0 Å². The molecule has 1 aromatic heterocycles. The van der Waals surface area contributed by atoms with E-state index in [2.05, 4.69) is 25.1 Å². The predicted octanol–water partition coefficient (Wildman–Crippen LogP) is 1.86. The number of benzene rings is 1. The summed E-state index contributed by atoms with van der Waals surface area (Å²) in [7, 11) is 0. The maximum Gasteiger partial charge on any atom is 0.238 e. The lowest BCUT2D eigenvalue weighted by molar-refractivity contribution is -0.117. The molecule has 6 heteroatoms. The topological polar surface area (TPSA) is 64.3 Å². The molecular weight excluding hydrogens is 302 g/mol. The van der Waals surface area contributed by atoms with Crippen LogP contribution in [-0.2, 0) is 11.3 Å². The van der Waals surface area contributed by atoms with Gasteiger partial charge in [0.15, 0.2) is 0 Å². The van der Waals surface area contributed by atoms with Gasteiger partial charge < -0.3 is 10.3 Å². The minimum atomic E-state index is 0.0556. The number of carbonyl (C=O) groups is 1. The standard InChI is InChI=1S/C18H25N5O/c1-15-4-2-5-16(12-15)21-18(24)14-23-9-3-8-22(10-11-23)13-17-19-6-7-20-17/h2,4-7,12H,3,8-11,13-14H2,1H3,(H,19,20)(H,21,24). The number of anilines is 1. The molecule has 2 heterocycles. The lowest BCUT2D eigenvalue weighted by atomic mass is 10.2. The van der Waals surface area contributed by atoms with Crippen LogP contribution in [-0.4, -0.2) is 58.4 Å². The van der Waals surface area contributed by atoms with Gasteiger partial charge in [-0.25, -0.2) is 4.98 Å². The van der Waals surface area contributed by atoms with Crippen molar-refractivity contribution < 1.29 is 4.79 Å². The van der Waals surface area contributed by atoms with Gasteiger partial charge in [-0.1, -0.05) is 12.1 Å². The maximum absolute atomic E-state index is 12.3. The Balaban J connectivity index is 1.46. The molecule has 24 heavy (non-hydrogen) atoms.